The number of carbonyl (C=O) groups is 2. The van der Waals surface area contributed by atoms with Gasteiger partial charge in [-0.1, -0.05) is 17.7 Å². The monoisotopic (exact) mass is 385 g/mol. The van der Waals surface area contributed by atoms with Gasteiger partial charge in [-0.25, -0.2) is 0 Å². The van der Waals surface area contributed by atoms with Gasteiger partial charge < -0.3 is 16.4 Å². The van der Waals surface area contributed by atoms with Crippen LogP contribution in [0.2, 0.25) is 5.02 Å². The molecular formula is C16H17Cl2N3O2S. The van der Waals surface area contributed by atoms with Crippen molar-refractivity contribution in [2.24, 2.45) is 5.73 Å². The maximum atomic E-state index is 12.3. The number of hydrogen-bond acceptors (Lipinski definition) is 4. The molecule has 5 nitrogen and oxygen atoms in total. The van der Waals surface area contributed by atoms with Gasteiger partial charge in [0.1, 0.15) is 0 Å². The van der Waals surface area contributed by atoms with E-state index < -0.39 is 5.54 Å². The molecule has 1 saturated carbocycles. The van der Waals surface area contributed by atoms with Crippen molar-refractivity contribution in [3.8, 4) is 0 Å². The summed E-state index contributed by atoms with van der Waals surface area (Å²) < 4.78 is 0. The third-order valence-electron chi connectivity index (χ3n) is 3.71. The van der Waals surface area contributed by atoms with Crippen LogP contribution in [0.5, 0.6) is 0 Å². The zero-order valence-electron chi connectivity index (χ0n) is 12.7. The van der Waals surface area contributed by atoms with E-state index in [1.165, 1.54) is 0 Å². The Balaban J connectivity index is 0.00000208. The molecule has 128 valence electrons. The molecule has 1 aromatic carbocycles. The van der Waals surface area contributed by atoms with Crippen LogP contribution in [0.1, 0.15) is 28.1 Å². The molecule has 24 heavy (non-hydrogen) atoms. The molecule has 1 fully saturated rings. The number of nitrogens with one attached hydrogen (secondary N) is 2. The third kappa shape index (κ3) is 4.27. The molecule has 0 unspecified atom stereocenters. The molecular weight excluding hydrogens is 369 g/mol. The number of anilines is 1. The predicted molar refractivity (Wildman–Crippen MR) is 99.0 cm³/mol. The molecule has 0 bridgehead atoms. The molecule has 0 spiro atoms. The summed E-state index contributed by atoms with van der Waals surface area (Å²) in [5.41, 5.74) is 5.92. The zero-order chi connectivity index (χ0) is 16.4. The first-order valence-electron chi connectivity index (χ1n) is 7.18. The molecule has 0 radical (unpaired) electrons. The highest BCUT2D eigenvalue weighted by Gasteiger charge is 2.45. The maximum Gasteiger partial charge on any atom is 0.253 e. The maximum absolute atomic E-state index is 12.3. The highest BCUT2D eigenvalue weighted by molar-refractivity contribution is 7.09. The van der Waals surface area contributed by atoms with Crippen LogP contribution in [-0.2, 0) is 11.3 Å². The number of nitrogens with two attached hydrogens (primary N) is 1. The molecule has 0 atom stereocenters. The normalized spacial score (nSPS) is 14.4. The Labute approximate surface area is 155 Å². The zero-order valence-corrected chi connectivity index (χ0v) is 15.1. The Morgan fingerprint density at radius 3 is 2.67 bits per heavy atom. The molecule has 4 N–H and O–H groups in total. The van der Waals surface area contributed by atoms with Crippen molar-refractivity contribution in [2.75, 3.05) is 5.32 Å². The lowest BCUT2D eigenvalue weighted by Gasteiger charge is -2.12. The smallest absolute Gasteiger partial charge is 0.253 e. The van der Waals surface area contributed by atoms with Crippen LogP contribution in [0.4, 0.5) is 5.69 Å². The lowest BCUT2D eigenvalue weighted by molar-refractivity contribution is -0.118. The van der Waals surface area contributed by atoms with Gasteiger partial charge in [-0.05, 0) is 42.5 Å². The summed E-state index contributed by atoms with van der Waals surface area (Å²) in [5.74, 6) is -0.516. The first-order chi connectivity index (χ1) is 11.0. The SMILES string of the molecule is Cl.NC1(C(=O)Nc2ccc(Cl)c(C(=O)NCc3cccs3)c2)CC1. The van der Waals surface area contributed by atoms with Crippen molar-refractivity contribution in [2.45, 2.75) is 24.9 Å². The molecule has 1 heterocycles. The minimum atomic E-state index is -0.763. The van der Waals surface area contributed by atoms with Crippen molar-refractivity contribution in [3.05, 3.63) is 51.2 Å². The predicted octanol–water partition coefficient (Wildman–Crippen LogP) is 3.18. The minimum absolute atomic E-state index is 0. The van der Waals surface area contributed by atoms with Crippen molar-refractivity contribution in [1.82, 2.24) is 5.32 Å². The summed E-state index contributed by atoms with van der Waals surface area (Å²) in [6.45, 7) is 0.440. The number of rotatable bonds is 5. The van der Waals surface area contributed by atoms with Gasteiger partial charge in [0.15, 0.2) is 0 Å². The second-order valence-electron chi connectivity index (χ2n) is 5.57. The number of benzene rings is 1. The summed E-state index contributed by atoms with van der Waals surface area (Å²) in [7, 11) is 0. The van der Waals surface area contributed by atoms with Crippen molar-refractivity contribution in [1.29, 1.82) is 0 Å². The molecule has 1 aromatic heterocycles. The Morgan fingerprint density at radius 1 is 1.29 bits per heavy atom. The molecule has 1 aliphatic rings. The lowest BCUT2D eigenvalue weighted by atomic mass is 10.1. The summed E-state index contributed by atoms with van der Waals surface area (Å²) in [4.78, 5) is 25.3. The minimum Gasteiger partial charge on any atom is -0.347 e. The van der Waals surface area contributed by atoms with E-state index in [0.29, 0.717) is 35.7 Å². The van der Waals surface area contributed by atoms with Crippen LogP contribution in [0, 0.1) is 0 Å². The van der Waals surface area contributed by atoms with Crippen LogP contribution in [0.25, 0.3) is 0 Å². The van der Waals surface area contributed by atoms with Crippen LogP contribution in [0.3, 0.4) is 0 Å². The molecule has 0 saturated heterocycles. The third-order valence-corrected chi connectivity index (χ3v) is 4.92. The van der Waals surface area contributed by atoms with Crippen molar-refractivity contribution in [3.63, 3.8) is 0 Å². The average Bonchev–Trinajstić information content (AvgIpc) is 3.08. The van der Waals surface area contributed by atoms with E-state index >= 15 is 0 Å². The summed E-state index contributed by atoms with van der Waals surface area (Å²) in [5, 5.41) is 7.83. The number of thiophene rings is 1. The van der Waals surface area contributed by atoms with Gasteiger partial charge in [-0.2, -0.15) is 0 Å². The van der Waals surface area contributed by atoms with Gasteiger partial charge in [0.05, 0.1) is 22.7 Å². The van der Waals surface area contributed by atoms with Crippen molar-refractivity contribution >= 4 is 52.8 Å². The van der Waals surface area contributed by atoms with Gasteiger partial charge in [0.25, 0.3) is 5.91 Å². The molecule has 8 heteroatoms. The Morgan fingerprint density at radius 2 is 2.04 bits per heavy atom. The number of halogens is 2. The number of carbonyl (C=O) groups excluding carboxylic acids is 2. The summed E-state index contributed by atoms with van der Waals surface area (Å²) >= 11 is 7.66. The molecule has 2 amide bonds. The van der Waals surface area contributed by atoms with Crippen molar-refractivity contribution < 1.29 is 9.59 Å². The second-order valence-corrected chi connectivity index (χ2v) is 7.01. The fourth-order valence-corrected chi connectivity index (χ4v) is 2.92. The number of hydrogen-bond donors (Lipinski definition) is 3. The highest BCUT2D eigenvalue weighted by Crippen LogP contribution is 2.33. The lowest BCUT2D eigenvalue weighted by Crippen LogP contribution is -2.37. The quantitative estimate of drug-likeness (QED) is 0.738. The molecule has 2 aromatic rings. The summed E-state index contributed by atoms with van der Waals surface area (Å²) in [6, 6.07) is 8.68. The van der Waals surface area contributed by atoms with E-state index in [1.807, 2.05) is 17.5 Å². The van der Waals surface area contributed by atoms with Gasteiger partial charge in [0, 0.05) is 10.6 Å². The topological polar surface area (TPSA) is 84.2 Å². The van der Waals surface area contributed by atoms with E-state index in [-0.39, 0.29) is 24.2 Å². The van der Waals surface area contributed by atoms with E-state index in [4.69, 9.17) is 17.3 Å². The average molecular weight is 386 g/mol. The molecule has 1 aliphatic carbocycles. The number of amides is 2. The second kappa shape index (κ2) is 7.53. The van der Waals surface area contributed by atoms with Gasteiger partial charge in [-0.3, -0.25) is 9.59 Å². The van der Waals surface area contributed by atoms with Gasteiger partial charge >= 0.3 is 0 Å². The van der Waals surface area contributed by atoms with E-state index in [2.05, 4.69) is 10.6 Å². The fraction of sp³-hybridized carbons (Fsp3) is 0.250. The largest absolute Gasteiger partial charge is 0.347 e. The molecule has 0 aliphatic heterocycles. The van der Waals surface area contributed by atoms with E-state index in [1.54, 1.807) is 29.5 Å². The fourth-order valence-electron chi connectivity index (χ4n) is 2.07. The Hall–Kier alpha value is -1.60. The van der Waals surface area contributed by atoms with Crippen LogP contribution in [-0.4, -0.2) is 17.4 Å². The van der Waals surface area contributed by atoms with Gasteiger partial charge in [0.2, 0.25) is 5.91 Å². The first-order valence-corrected chi connectivity index (χ1v) is 8.44. The van der Waals surface area contributed by atoms with E-state index in [0.717, 1.165) is 4.88 Å². The Kier molecular flexibility index (Phi) is 5.87. The highest BCUT2D eigenvalue weighted by atomic mass is 35.5. The Bertz CT molecular complexity index is 746. The van der Waals surface area contributed by atoms with Crippen LogP contribution < -0.4 is 16.4 Å². The van der Waals surface area contributed by atoms with Crippen LogP contribution in [0.15, 0.2) is 35.7 Å². The standard InChI is InChI=1S/C16H16ClN3O2S.ClH/c17-13-4-3-10(20-15(22)16(18)5-6-16)8-12(13)14(21)19-9-11-2-1-7-23-11;/h1-4,7-8H,5-6,9,18H2,(H,19,21)(H,20,22);1H. The van der Waals surface area contributed by atoms with E-state index in [9.17, 15) is 9.59 Å². The summed E-state index contributed by atoms with van der Waals surface area (Å²) in [6.07, 6.45) is 1.36. The first kappa shape index (κ1) is 18.7. The molecule has 3 rings (SSSR count). The van der Waals surface area contributed by atoms with Gasteiger partial charge in [-0.15, -0.1) is 23.7 Å². The van der Waals surface area contributed by atoms with Crippen LogP contribution >= 0.6 is 35.3 Å².